The van der Waals surface area contributed by atoms with Crippen LogP contribution in [0.5, 0.6) is 0 Å². The van der Waals surface area contributed by atoms with E-state index in [0.29, 0.717) is 18.9 Å². The lowest BCUT2D eigenvalue weighted by Gasteiger charge is -2.26. The summed E-state index contributed by atoms with van der Waals surface area (Å²) in [5, 5.41) is 0. The largest absolute Gasteiger partial charge is 0.309 e. The summed E-state index contributed by atoms with van der Waals surface area (Å²) in [7, 11) is 0. The number of carbonyl (C=O) groups is 1. The third-order valence-corrected chi connectivity index (χ3v) is 4.53. The van der Waals surface area contributed by atoms with Gasteiger partial charge in [-0.25, -0.2) is 0 Å². The van der Waals surface area contributed by atoms with E-state index in [1.807, 2.05) is 35.2 Å². The summed E-state index contributed by atoms with van der Waals surface area (Å²) < 4.78 is 0. The van der Waals surface area contributed by atoms with Crippen molar-refractivity contribution < 1.29 is 4.79 Å². The SMILES string of the molecule is Cc1ccc(N(C/C=C/c2ccccc2)C(=O)CC(C)CC(C)(C)C)cc1. The first-order valence-corrected chi connectivity index (χ1v) is 9.83. The molecule has 0 saturated heterocycles. The molecule has 2 rings (SSSR count). The first kappa shape index (κ1) is 21.0. The van der Waals surface area contributed by atoms with Gasteiger partial charge in [0.25, 0.3) is 0 Å². The van der Waals surface area contributed by atoms with Crippen LogP contribution in [0.1, 0.15) is 51.7 Å². The Kier molecular flexibility index (Phi) is 7.41. The fraction of sp³-hybridized carbons (Fsp3) is 0.400. The zero-order valence-corrected chi connectivity index (χ0v) is 17.4. The van der Waals surface area contributed by atoms with Crippen molar-refractivity contribution in [1.29, 1.82) is 0 Å². The van der Waals surface area contributed by atoms with E-state index < -0.39 is 0 Å². The molecule has 0 aliphatic carbocycles. The Hall–Kier alpha value is -2.35. The predicted octanol–water partition coefficient (Wildman–Crippen LogP) is 6.50. The van der Waals surface area contributed by atoms with Crippen LogP contribution < -0.4 is 4.90 Å². The molecule has 2 nitrogen and oxygen atoms in total. The molecule has 0 aromatic heterocycles. The van der Waals surface area contributed by atoms with Gasteiger partial charge in [-0.2, -0.15) is 0 Å². The minimum absolute atomic E-state index is 0.188. The highest BCUT2D eigenvalue weighted by Gasteiger charge is 2.21. The molecule has 1 atom stereocenters. The fourth-order valence-electron chi connectivity index (χ4n) is 3.46. The number of anilines is 1. The van der Waals surface area contributed by atoms with Crippen LogP contribution in [0.3, 0.4) is 0 Å². The van der Waals surface area contributed by atoms with Gasteiger partial charge in [-0.05, 0) is 42.4 Å². The van der Waals surface area contributed by atoms with Crippen molar-refractivity contribution in [2.24, 2.45) is 11.3 Å². The van der Waals surface area contributed by atoms with Gasteiger partial charge in [0.05, 0.1) is 0 Å². The van der Waals surface area contributed by atoms with E-state index in [4.69, 9.17) is 0 Å². The van der Waals surface area contributed by atoms with E-state index in [1.165, 1.54) is 5.56 Å². The summed E-state index contributed by atoms with van der Waals surface area (Å²) in [6, 6.07) is 18.4. The summed E-state index contributed by atoms with van der Waals surface area (Å²) in [4.78, 5) is 15.0. The van der Waals surface area contributed by atoms with Crippen molar-refractivity contribution in [2.45, 2.75) is 47.5 Å². The maximum atomic E-state index is 13.1. The van der Waals surface area contributed by atoms with Crippen molar-refractivity contribution in [3.8, 4) is 0 Å². The fourth-order valence-corrected chi connectivity index (χ4v) is 3.46. The molecular formula is C25H33NO. The molecule has 0 spiro atoms. The van der Waals surface area contributed by atoms with Crippen LogP contribution in [-0.4, -0.2) is 12.5 Å². The van der Waals surface area contributed by atoms with E-state index in [0.717, 1.165) is 17.7 Å². The van der Waals surface area contributed by atoms with E-state index in [9.17, 15) is 4.79 Å². The molecule has 0 radical (unpaired) electrons. The maximum absolute atomic E-state index is 13.1. The van der Waals surface area contributed by atoms with Crippen molar-refractivity contribution in [1.82, 2.24) is 0 Å². The van der Waals surface area contributed by atoms with Crippen molar-refractivity contribution in [2.75, 3.05) is 11.4 Å². The van der Waals surface area contributed by atoms with Gasteiger partial charge in [0, 0.05) is 18.7 Å². The second-order valence-electron chi connectivity index (χ2n) is 8.73. The molecule has 0 aliphatic heterocycles. The average molecular weight is 364 g/mol. The monoisotopic (exact) mass is 363 g/mol. The van der Waals surface area contributed by atoms with Gasteiger partial charge in [-0.15, -0.1) is 0 Å². The van der Waals surface area contributed by atoms with E-state index >= 15 is 0 Å². The molecule has 1 amide bonds. The number of amides is 1. The number of rotatable bonds is 7. The van der Waals surface area contributed by atoms with E-state index in [1.54, 1.807) is 0 Å². The number of nitrogens with zero attached hydrogens (tertiary/aromatic N) is 1. The Morgan fingerprint density at radius 1 is 1.04 bits per heavy atom. The van der Waals surface area contributed by atoms with E-state index in [2.05, 4.69) is 71.0 Å². The Morgan fingerprint density at radius 2 is 1.67 bits per heavy atom. The van der Waals surface area contributed by atoms with Gasteiger partial charge in [-0.3, -0.25) is 4.79 Å². The van der Waals surface area contributed by atoms with Crippen LogP contribution in [-0.2, 0) is 4.79 Å². The number of benzene rings is 2. The first-order chi connectivity index (χ1) is 12.7. The molecule has 1 unspecified atom stereocenters. The second-order valence-corrected chi connectivity index (χ2v) is 8.73. The van der Waals surface area contributed by atoms with Crippen LogP contribution >= 0.6 is 0 Å². The van der Waals surface area contributed by atoms with Crippen LogP contribution in [0.2, 0.25) is 0 Å². The molecule has 0 N–H and O–H groups in total. The third-order valence-electron chi connectivity index (χ3n) is 4.53. The molecular weight excluding hydrogens is 330 g/mol. The number of hydrogen-bond donors (Lipinski definition) is 0. The minimum Gasteiger partial charge on any atom is -0.309 e. The van der Waals surface area contributed by atoms with Gasteiger partial charge < -0.3 is 4.90 Å². The van der Waals surface area contributed by atoms with Crippen LogP contribution in [0.15, 0.2) is 60.7 Å². The Morgan fingerprint density at radius 3 is 2.26 bits per heavy atom. The average Bonchev–Trinajstić information content (AvgIpc) is 2.59. The lowest BCUT2D eigenvalue weighted by Crippen LogP contribution is -2.32. The summed E-state index contributed by atoms with van der Waals surface area (Å²) in [6.07, 6.45) is 5.76. The minimum atomic E-state index is 0.188. The topological polar surface area (TPSA) is 20.3 Å². The number of carbonyl (C=O) groups excluding carboxylic acids is 1. The molecule has 2 aromatic rings. The molecule has 0 aliphatic rings. The van der Waals surface area contributed by atoms with Crippen molar-refractivity contribution >= 4 is 17.7 Å². The van der Waals surface area contributed by atoms with Gasteiger partial charge >= 0.3 is 0 Å². The van der Waals surface area contributed by atoms with Crippen LogP contribution in [0.4, 0.5) is 5.69 Å². The van der Waals surface area contributed by atoms with Gasteiger partial charge in [0.2, 0.25) is 5.91 Å². The van der Waals surface area contributed by atoms with Gasteiger partial charge in [0.1, 0.15) is 0 Å². The maximum Gasteiger partial charge on any atom is 0.227 e. The Bertz CT molecular complexity index is 738. The lowest BCUT2D eigenvalue weighted by atomic mass is 9.84. The van der Waals surface area contributed by atoms with E-state index in [-0.39, 0.29) is 11.3 Å². The predicted molar refractivity (Wildman–Crippen MR) is 117 cm³/mol. The molecule has 27 heavy (non-hydrogen) atoms. The standard InChI is InChI=1S/C25H33NO/c1-20-13-15-23(16-14-20)26(17-9-12-22-10-7-6-8-11-22)24(27)18-21(2)19-25(3,4)5/h6-16,21H,17-19H2,1-5H3/b12-9+. The summed E-state index contributed by atoms with van der Waals surface area (Å²) in [6.45, 7) is 11.5. The lowest BCUT2D eigenvalue weighted by molar-refractivity contribution is -0.119. The third kappa shape index (κ3) is 7.42. The van der Waals surface area contributed by atoms with Crippen LogP contribution in [0.25, 0.3) is 6.08 Å². The molecule has 2 aromatic carbocycles. The Balaban J connectivity index is 2.12. The zero-order valence-electron chi connectivity index (χ0n) is 17.4. The van der Waals surface area contributed by atoms with Gasteiger partial charge in [-0.1, -0.05) is 87.9 Å². The molecule has 0 fully saturated rings. The highest BCUT2D eigenvalue weighted by atomic mass is 16.2. The molecule has 2 heteroatoms. The summed E-state index contributed by atoms with van der Waals surface area (Å²) >= 11 is 0. The molecule has 0 bridgehead atoms. The zero-order chi connectivity index (χ0) is 19.9. The highest BCUT2D eigenvalue weighted by Crippen LogP contribution is 2.27. The van der Waals surface area contributed by atoms with Crippen LogP contribution in [0, 0.1) is 18.3 Å². The molecule has 0 saturated carbocycles. The smallest absolute Gasteiger partial charge is 0.227 e. The van der Waals surface area contributed by atoms with Crippen molar-refractivity contribution in [3.63, 3.8) is 0 Å². The summed E-state index contributed by atoms with van der Waals surface area (Å²) in [5.41, 5.74) is 3.55. The molecule has 144 valence electrons. The van der Waals surface area contributed by atoms with Crippen molar-refractivity contribution in [3.05, 3.63) is 71.8 Å². The second kappa shape index (κ2) is 9.55. The highest BCUT2D eigenvalue weighted by molar-refractivity contribution is 5.93. The first-order valence-electron chi connectivity index (χ1n) is 9.83. The number of aryl methyl sites for hydroxylation is 1. The molecule has 0 heterocycles. The normalized spacial score (nSPS) is 12.9. The number of hydrogen-bond acceptors (Lipinski definition) is 1. The Labute approximate surface area is 164 Å². The summed E-state index contributed by atoms with van der Waals surface area (Å²) in [5.74, 6) is 0.553. The van der Waals surface area contributed by atoms with Gasteiger partial charge in [0.15, 0.2) is 0 Å². The quantitative estimate of drug-likeness (QED) is 0.549.